The number of Topliss-reactive ketones (excluding diaryl/α,β-unsaturated/α-hetero) is 1. The molecule has 0 spiro atoms. The van der Waals surface area contributed by atoms with Gasteiger partial charge in [0.1, 0.15) is 5.78 Å². The van der Waals surface area contributed by atoms with Gasteiger partial charge in [-0.05, 0) is 30.1 Å². The third-order valence-electron chi connectivity index (χ3n) is 4.76. The smallest absolute Gasteiger partial charge is 0.306 e. The molecule has 0 aliphatic rings. The number of ketones is 1. The van der Waals surface area contributed by atoms with E-state index in [0.29, 0.717) is 19.3 Å². The summed E-state index contributed by atoms with van der Waals surface area (Å²) in [6.07, 6.45) is 2.25. The minimum absolute atomic E-state index is 0.0668. The second kappa shape index (κ2) is 9.35. The fourth-order valence-electron chi connectivity index (χ4n) is 2.97. The van der Waals surface area contributed by atoms with E-state index in [0.717, 1.165) is 6.42 Å². The van der Waals surface area contributed by atoms with Gasteiger partial charge in [-0.2, -0.15) is 0 Å². The van der Waals surface area contributed by atoms with Crippen molar-refractivity contribution < 1.29 is 24.2 Å². The van der Waals surface area contributed by atoms with Crippen LogP contribution in [0, 0.1) is 16.2 Å². The van der Waals surface area contributed by atoms with Crippen LogP contribution in [0.3, 0.4) is 0 Å². The maximum absolute atomic E-state index is 12.9. The van der Waals surface area contributed by atoms with E-state index >= 15 is 0 Å². The lowest BCUT2D eigenvalue weighted by Crippen LogP contribution is -2.43. The summed E-state index contributed by atoms with van der Waals surface area (Å²) in [5, 5.41) is 8.51. The zero-order valence-corrected chi connectivity index (χ0v) is 17.0. The maximum Gasteiger partial charge on any atom is 0.306 e. The van der Waals surface area contributed by atoms with Crippen LogP contribution < -0.4 is 0 Å². The van der Waals surface area contributed by atoms with Crippen LogP contribution in [0.4, 0.5) is 0 Å². The highest BCUT2D eigenvalue weighted by atomic mass is 16.5. The Morgan fingerprint density at radius 2 is 1.40 bits per heavy atom. The number of hydrogen-bond donors (Lipinski definition) is 1. The molecular formula is C20H36O5. The van der Waals surface area contributed by atoms with E-state index in [2.05, 4.69) is 48.5 Å². The molecule has 0 saturated carbocycles. The summed E-state index contributed by atoms with van der Waals surface area (Å²) >= 11 is 0. The molecule has 5 nitrogen and oxygen atoms in total. The number of carboxylic acids is 1. The maximum atomic E-state index is 12.9. The third-order valence-corrected chi connectivity index (χ3v) is 4.76. The number of aliphatic carboxylic acids is 1. The summed E-state index contributed by atoms with van der Waals surface area (Å²) in [4.78, 5) is 34.6. The van der Waals surface area contributed by atoms with Gasteiger partial charge in [0.05, 0.1) is 19.4 Å². The summed E-state index contributed by atoms with van der Waals surface area (Å²) in [5.41, 5.74) is -0.457. The third kappa shape index (κ3) is 9.03. The van der Waals surface area contributed by atoms with Crippen LogP contribution in [-0.2, 0) is 19.1 Å². The van der Waals surface area contributed by atoms with E-state index in [1.165, 1.54) is 0 Å². The van der Waals surface area contributed by atoms with Gasteiger partial charge in [0.15, 0.2) is 0 Å². The monoisotopic (exact) mass is 356 g/mol. The average molecular weight is 357 g/mol. The molecule has 0 aromatic heterocycles. The Balaban J connectivity index is 4.42. The van der Waals surface area contributed by atoms with Crippen LogP contribution in [0.2, 0.25) is 0 Å². The van der Waals surface area contributed by atoms with Gasteiger partial charge in [0, 0.05) is 11.8 Å². The molecule has 0 fully saturated rings. The standard InChI is InChI=1S/C20H36O5/c1-18(2,3)14-20(7,19(4,5)6)15(21)10-8-9-13-25-17(24)12-11-16(22)23/h8-14H2,1-7H3,(H,22,23). The molecule has 5 heteroatoms. The van der Waals surface area contributed by atoms with Gasteiger partial charge in [-0.1, -0.05) is 48.5 Å². The quantitative estimate of drug-likeness (QED) is 0.456. The van der Waals surface area contributed by atoms with Crippen LogP contribution in [-0.4, -0.2) is 29.4 Å². The second-order valence-corrected chi connectivity index (χ2v) is 9.31. The molecule has 146 valence electrons. The zero-order chi connectivity index (χ0) is 19.9. The first-order valence-corrected chi connectivity index (χ1v) is 9.10. The molecule has 25 heavy (non-hydrogen) atoms. The van der Waals surface area contributed by atoms with Crippen molar-refractivity contribution in [3.8, 4) is 0 Å². The summed E-state index contributed by atoms with van der Waals surface area (Å²) < 4.78 is 4.99. The van der Waals surface area contributed by atoms with Crippen molar-refractivity contribution in [2.75, 3.05) is 6.61 Å². The van der Waals surface area contributed by atoms with Gasteiger partial charge in [-0.15, -0.1) is 0 Å². The lowest BCUT2D eigenvalue weighted by Gasteiger charge is -2.44. The average Bonchev–Trinajstić information content (AvgIpc) is 2.41. The van der Waals surface area contributed by atoms with E-state index in [9.17, 15) is 14.4 Å². The number of hydrogen-bond acceptors (Lipinski definition) is 4. The molecule has 0 bridgehead atoms. The van der Waals surface area contributed by atoms with E-state index in [4.69, 9.17) is 9.84 Å². The first-order valence-electron chi connectivity index (χ1n) is 9.10. The van der Waals surface area contributed by atoms with Gasteiger partial charge in [-0.25, -0.2) is 0 Å². The Hall–Kier alpha value is -1.39. The largest absolute Gasteiger partial charge is 0.481 e. The highest BCUT2D eigenvalue weighted by Gasteiger charge is 2.45. The highest BCUT2D eigenvalue weighted by molar-refractivity contribution is 5.85. The van der Waals surface area contributed by atoms with Crippen LogP contribution in [0.25, 0.3) is 0 Å². The van der Waals surface area contributed by atoms with Crippen LogP contribution >= 0.6 is 0 Å². The number of ether oxygens (including phenoxy) is 1. The second-order valence-electron chi connectivity index (χ2n) is 9.31. The Kier molecular flexibility index (Phi) is 8.83. The molecule has 0 aromatic rings. The molecule has 0 aliphatic carbocycles. The van der Waals surface area contributed by atoms with Crippen molar-refractivity contribution in [3.63, 3.8) is 0 Å². The van der Waals surface area contributed by atoms with Gasteiger partial charge in [0.2, 0.25) is 0 Å². The molecule has 0 radical (unpaired) electrons. The van der Waals surface area contributed by atoms with E-state index in [-0.39, 0.29) is 36.1 Å². The van der Waals surface area contributed by atoms with Crippen molar-refractivity contribution in [3.05, 3.63) is 0 Å². The molecule has 0 saturated heterocycles. The van der Waals surface area contributed by atoms with Crippen LogP contribution in [0.5, 0.6) is 0 Å². The van der Waals surface area contributed by atoms with Crippen molar-refractivity contribution in [2.45, 2.75) is 87.0 Å². The molecule has 0 rings (SSSR count). The first kappa shape index (κ1) is 23.6. The molecule has 1 unspecified atom stereocenters. The predicted molar refractivity (Wildman–Crippen MR) is 98.3 cm³/mol. The van der Waals surface area contributed by atoms with Crippen molar-refractivity contribution in [1.29, 1.82) is 0 Å². The number of carboxylic acid groups (broad SMARTS) is 1. The number of unbranched alkanes of at least 4 members (excludes halogenated alkanes) is 1. The topological polar surface area (TPSA) is 80.7 Å². The van der Waals surface area contributed by atoms with E-state index < -0.39 is 17.4 Å². The zero-order valence-electron chi connectivity index (χ0n) is 17.0. The van der Waals surface area contributed by atoms with Gasteiger partial charge in [-0.3, -0.25) is 14.4 Å². The lowest BCUT2D eigenvalue weighted by molar-refractivity contribution is -0.147. The van der Waals surface area contributed by atoms with Crippen molar-refractivity contribution >= 4 is 17.7 Å². The number of rotatable bonds is 10. The predicted octanol–water partition coefficient (Wildman–Crippen LogP) is 4.62. The summed E-state index contributed by atoms with van der Waals surface area (Å²) in [5.74, 6) is -1.25. The Bertz CT molecular complexity index is 467. The molecule has 0 aromatic carbocycles. The van der Waals surface area contributed by atoms with E-state index in [1.54, 1.807) is 0 Å². The summed E-state index contributed by atoms with van der Waals surface area (Å²) in [7, 11) is 0. The fourth-order valence-corrected chi connectivity index (χ4v) is 2.97. The van der Waals surface area contributed by atoms with Crippen LogP contribution in [0.1, 0.15) is 87.0 Å². The van der Waals surface area contributed by atoms with Crippen molar-refractivity contribution in [2.24, 2.45) is 16.2 Å². The van der Waals surface area contributed by atoms with E-state index in [1.807, 2.05) is 0 Å². The molecule has 0 amide bonds. The molecule has 1 N–H and O–H groups in total. The minimum Gasteiger partial charge on any atom is -0.481 e. The van der Waals surface area contributed by atoms with Crippen molar-refractivity contribution in [1.82, 2.24) is 0 Å². The lowest BCUT2D eigenvalue weighted by atomic mass is 9.58. The Morgan fingerprint density at radius 3 is 1.84 bits per heavy atom. The van der Waals surface area contributed by atoms with Gasteiger partial charge >= 0.3 is 11.9 Å². The molecule has 0 heterocycles. The minimum atomic E-state index is -1.01. The number of carbonyl (C=O) groups excluding carboxylic acids is 2. The first-order chi connectivity index (χ1) is 11.2. The van der Waals surface area contributed by atoms with Gasteiger partial charge < -0.3 is 9.84 Å². The SMILES string of the molecule is CC(C)(C)CC(C)(C(=O)CCCCOC(=O)CCC(=O)O)C(C)(C)C. The number of esters is 1. The normalized spacial score (nSPS) is 14.7. The Labute approximate surface area is 152 Å². The highest BCUT2D eigenvalue weighted by Crippen LogP contribution is 2.47. The summed E-state index contributed by atoms with van der Waals surface area (Å²) in [6.45, 7) is 15.1. The van der Waals surface area contributed by atoms with Gasteiger partial charge in [0.25, 0.3) is 0 Å². The Morgan fingerprint density at radius 1 is 0.840 bits per heavy atom. The summed E-state index contributed by atoms with van der Waals surface area (Å²) in [6, 6.07) is 0. The molecular weight excluding hydrogens is 320 g/mol. The fraction of sp³-hybridized carbons (Fsp3) is 0.850. The molecule has 0 aliphatic heterocycles. The number of carbonyl (C=O) groups is 3. The molecule has 1 atom stereocenters. The van der Waals surface area contributed by atoms with Crippen LogP contribution in [0.15, 0.2) is 0 Å².